The van der Waals surface area contributed by atoms with Crippen molar-refractivity contribution in [2.45, 2.75) is 17.5 Å². The van der Waals surface area contributed by atoms with E-state index in [1.54, 1.807) is 29.2 Å². The summed E-state index contributed by atoms with van der Waals surface area (Å²) in [5.74, 6) is 1.43. The SMILES string of the molecule is O=c1cc(CSc2nnc(-c3cccs3)n2Cc2ccccc2)c2c(ccc3ccccc32)o1. The third-order valence-corrected chi connectivity index (χ3v) is 7.59. The van der Waals surface area contributed by atoms with Crippen molar-refractivity contribution >= 4 is 44.8 Å². The fourth-order valence-electron chi connectivity index (χ4n) is 4.17. The highest BCUT2D eigenvalue weighted by Gasteiger charge is 2.17. The molecule has 34 heavy (non-hydrogen) atoms. The number of nitrogens with zero attached hydrogens (tertiary/aromatic N) is 3. The Morgan fingerprint density at radius 1 is 0.912 bits per heavy atom. The average molecular weight is 482 g/mol. The van der Waals surface area contributed by atoms with E-state index in [9.17, 15) is 4.79 Å². The van der Waals surface area contributed by atoms with Crippen LogP contribution in [0.5, 0.6) is 0 Å². The molecule has 0 atom stereocenters. The molecule has 0 spiro atoms. The molecule has 0 aliphatic rings. The van der Waals surface area contributed by atoms with Crippen LogP contribution in [0, 0.1) is 0 Å². The van der Waals surface area contributed by atoms with Crippen molar-refractivity contribution in [3.63, 3.8) is 0 Å². The molecule has 0 fully saturated rings. The van der Waals surface area contributed by atoms with Gasteiger partial charge in [0, 0.05) is 17.2 Å². The predicted octanol–water partition coefficient (Wildman–Crippen LogP) is 6.61. The summed E-state index contributed by atoms with van der Waals surface area (Å²) in [7, 11) is 0. The zero-order chi connectivity index (χ0) is 22.9. The van der Waals surface area contributed by atoms with Crippen molar-refractivity contribution in [3.8, 4) is 10.7 Å². The van der Waals surface area contributed by atoms with Gasteiger partial charge in [-0.3, -0.25) is 4.57 Å². The summed E-state index contributed by atoms with van der Waals surface area (Å²) >= 11 is 3.23. The second kappa shape index (κ2) is 8.93. The molecule has 0 saturated carbocycles. The van der Waals surface area contributed by atoms with E-state index in [1.807, 2.05) is 53.9 Å². The van der Waals surface area contributed by atoms with E-state index in [2.05, 4.69) is 45.1 Å². The highest BCUT2D eigenvalue weighted by Crippen LogP contribution is 2.33. The second-order valence-corrected chi connectivity index (χ2v) is 9.78. The maximum absolute atomic E-state index is 12.3. The molecule has 6 rings (SSSR count). The van der Waals surface area contributed by atoms with Gasteiger partial charge in [0.25, 0.3) is 0 Å². The summed E-state index contributed by atoms with van der Waals surface area (Å²) in [4.78, 5) is 13.4. The molecule has 3 aromatic heterocycles. The van der Waals surface area contributed by atoms with E-state index < -0.39 is 0 Å². The molecule has 0 amide bonds. The Bertz CT molecular complexity index is 1650. The number of rotatable bonds is 6. The van der Waals surface area contributed by atoms with Gasteiger partial charge in [-0.2, -0.15) is 0 Å². The Morgan fingerprint density at radius 3 is 2.62 bits per heavy atom. The van der Waals surface area contributed by atoms with E-state index in [0.717, 1.165) is 37.6 Å². The first kappa shape index (κ1) is 20.9. The lowest BCUT2D eigenvalue weighted by Crippen LogP contribution is -2.04. The lowest BCUT2D eigenvalue weighted by atomic mass is 10.0. The van der Waals surface area contributed by atoms with Gasteiger partial charge in [0.05, 0.1) is 11.4 Å². The van der Waals surface area contributed by atoms with Gasteiger partial charge in [0.1, 0.15) is 5.58 Å². The summed E-state index contributed by atoms with van der Waals surface area (Å²) in [6.07, 6.45) is 0. The van der Waals surface area contributed by atoms with Crippen molar-refractivity contribution in [2.75, 3.05) is 0 Å². The van der Waals surface area contributed by atoms with E-state index in [1.165, 1.54) is 5.56 Å². The number of benzene rings is 3. The van der Waals surface area contributed by atoms with Crippen LogP contribution in [-0.2, 0) is 12.3 Å². The Morgan fingerprint density at radius 2 is 1.76 bits per heavy atom. The zero-order valence-electron chi connectivity index (χ0n) is 18.0. The van der Waals surface area contributed by atoms with Crippen LogP contribution in [0.2, 0.25) is 0 Å². The van der Waals surface area contributed by atoms with Crippen molar-refractivity contribution < 1.29 is 4.42 Å². The molecule has 0 radical (unpaired) electrons. The molecule has 166 valence electrons. The summed E-state index contributed by atoms with van der Waals surface area (Å²) < 4.78 is 7.67. The fraction of sp³-hybridized carbons (Fsp3) is 0.0741. The second-order valence-electron chi connectivity index (χ2n) is 7.89. The molecule has 7 heteroatoms. The molecular formula is C27H19N3O2S2. The van der Waals surface area contributed by atoms with Gasteiger partial charge >= 0.3 is 5.63 Å². The minimum Gasteiger partial charge on any atom is -0.423 e. The van der Waals surface area contributed by atoms with E-state index in [-0.39, 0.29) is 5.63 Å². The first-order chi connectivity index (χ1) is 16.8. The molecule has 6 aromatic rings. The summed E-state index contributed by atoms with van der Waals surface area (Å²) in [5.41, 5.74) is 2.37. The zero-order valence-corrected chi connectivity index (χ0v) is 19.7. The lowest BCUT2D eigenvalue weighted by Gasteiger charge is -2.11. The molecule has 5 nitrogen and oxygen atoms in total. The predicted molar refractivity (Wildman–Crippen MR) is 138 cm³/mol. The summed E-state index contributed by atoms with van der Waals surface area (Å²) in [6.45, 7) is 0.671. The molecule has 0 bridgehead atoms. The fourth-order valence-corrected chi connectivity index (χ4v) is 5.80. The number of hydrogen-bond donors (Lipinski definition) is 0. The maximum atomic E-state index is 12.3. The normalized spacial score (nSPS) is 11.4. The van der Waals surface area contributed by atoms with Crippen molar-refractivity contribution in [1.29, 1.82) is 0 Å². The van der Waals surface area contributed by atoms with Crippen LogP contribution in [-0.4, -0.2) is 14.8 Å². The number of thiophene rings is 1. The molecule has 0 aliphatic carbocycles. The molecule has 0 aliphatic heterocycles. The van der Waals surface area contributed by atoms with Crippen LogP contribution >= 0.6 is 23.1 Å². The Hall–Kier alpha value is -3.68. The Balaban J connectivity index is 1.41. The maximum Gasteiger partial charge on any atom is 0.336 e. The molecule has 3 heterocycles. The van der Waals surface area contributed by atoms with Gasteiger partial charge in [-0.25, -0.2) is 4.79 Å². The largest absolute Gasteiger partial charge is 0.423 e. The van der Waals surface area contributed by atoms with Crippen molar-refractivity contribution in [3.05, 3.63) is 112 Å². The molecule has 0 saturated heterocycles. The Kier molecular flexibility index (Phi) is 5.49. The van der Waals surface area contributed by atoms with Gasteiger partial charge < -0.3 is 4.42 Å². The molecular weight excluding hydrogens is 462 g/mol. The number of hydrogen-bond acceptors (Lipinski definition) is 6. The molecule has 0 N–H and O–H groups in total. The average Bonchev–Trinajstić information content (AvgIpc) is 3.53. The van der Waals surface area contributed by atoms with Crippen LogP contribution in [0.3, 0.4) is 0 Å². The van der Waals surface area contributed by atoms with Crippen LogP contribution in [0.25, 0.3) is 32.4 Å². The van der Waals surface area contributed by atoms with E-state index in [4.69, 9.17) is 4.42 Å². The highest BCUT2D eigenvalue weighted by atomic mass is 32.2. The van der Waals surface area contributed by atoms with Crippen LogP contribution in [0.15, 0.2) is 105 Å². The smallest absolute Gasteiger partial charge is 0.336 e. The van der Waals surface area contributed by atoms with Crippen molar-refractivity contribution in [2.24, 2.45) is 0 Å². The number of fused-ring (bicyclic) bond motifs is 3. The molecule has 0 unspecified atom stereocenters. The summed E-state index contributed by atoms with van der Waals surface area (Å²) in [6, 6.07) is 28.0. The Labute approximate surface area is 203 Å². The van der Waals surface area contributed by atoms with Crippen LogP contribution < -0.4 is 5.63 Å². The van der Waals surface area contributed by atoms with Crippen molar-refractivity contribution in [1.82, 2.24) is 14.8 Å². The first-order valence-corrected chi connectivity index (χ1v) is 12.7. The third kappa shape index (κ3) is 3.93. The third-order valence-electron chi connectivity index (χ3n) is 5.71. The number of thioether (sulfide) groups is 1. The minimum atomic E-state index is -0.344. The standard InChI is InChI=1S/C27H19N3O2S2/c31-24-15-20(25-21-10-5-4-9-19(21)12-13-22(25)32-24)17-34-27-29-28-26(23-11-6-14-33-23)30(27)16-18-7-2-1-3-8-18/h1-15H,16-17H2. The van der Waals surface area contributed by atoms with E-state index in [0.29, 0.717) is 17.9 Å². The first-order valence-electron chi connectivity index (χ1n) is 10.8. The molecule has 3 aromatic carbocycles. The quantitative estimate of drug-likeness (QED) is 0.152. The van der Waals surface area contributed by atoms with Gasteiger partial charge in [0.15, 0.2) is 11.0 Å². The van der Waals surface area contributed by atoms with Gasteiger partial charge in [-0.1, -0.05) is 78.5 Å². The highest BCUT2D eigenvalue weighted by molar-refractivity contribution is 7.98. The monoisotopic (exact) mass is 481 g/mol. The van der Waals surface area contributed by atoms with Crippen LogP contribution in [0.1, 0.15) is 11.1 Å². The minimum absolute atomic E-state index is 0.344. The van der Waals surface area contributed by atoms with Gasteiger partial charge in [-0.05, 0) is 39.4 Å². The number of aromatic nitrogens is 3. The van der Waals surface area contributed by atoms with Gasteiger partial charge in [0.2, 0.25) is 0 Å². The lowest BCUT2D eigenvalue weighted by molar-refractivity contribution is 0.560. The topological polar surface area (TPSA) is 60.9 Å². The van der Waals surface area contributed by atoms with Gasteiger partial charge in [-0.15, -0.1) is 21.5 Å². The van der Waals surface area contributed by atoms with E-state index >= 15 is 0 Å². The van der Waals surface area contributed by atoms with Crippen LogP contribution in [0.4, 0.5) is 0 Å². The summed E-state index contributed by atoms with van der Waals surface area (Å²) in [5, 5.41) is 15.1.